The normalized spacial score (nSPS) is 14.2. The molecule has 1 aromatic carbocycles. The van der Waals surface area contributed by atoms with Crippen LogP contribution in [0.2, 0.25) is 0 Å². The quantitative estimate of drug-likeness (QED) is 0.600. The Balaban J connectivity index is 2.69. The molecule has 0 bridgehead atoms. The van der Waals surface area contributed by atoms with Crippen LogP contribution in [0, 0.1) is 13.8 Å². The first-order chi connectivity index (χ1) is 6.09. The van der Waals surface area contributed by atoms with Crippen molar-refractivity contribution < 1.29 is 0 Å². The molecule has 0 fully saturated rings. The van der Waals surface area contributed by atoms with Gasteiger partial charge in [-0.3, -0.25) is 0 Å². The van der Waals surface area contributed by atoms with Crippen molar-refractivity contribution in [3.63, 3.8) is 0 Å². The van der Waals surface area contributed by atoms with Crippen LogP contribution in [0.1, 0.15) is 29.2 Å². The number of aryl methyl sites for hydroxylation is 1. The van der Waals surface area contributed by atoms with Crippen LogP contribution in [0.5, 0.6) is 0 Å². The van der Waals surface area contributed by atoms with Gasteiger partial charge in [-0.1, -0.05) is 17.7 Å². The highest BCUT2D eigenvalue weighted by Gasteiger charge is 2.14. The monoisotopic (exact) mass is 173 g/mol. The molecule has 1 aliphatic carbocycles. The van der Waals surface area contributed by atoms with E-state index in [1.54, 1.807) is 0 Å². The van der Waals surface area contributed by atoms with Gasteiger partial charge in [0.1, 0.15) is 0 Å². The fourth-order valence-corrected chi connectivity index (χ4v) is 2.04. The average Bonchev–Trinajstić information content (AvgIpc) is 2.42. The second-order valence-electron chi connectivity index (χ2n) is 3.97. The van der Waals surface area contributed by atoms with Gasteiger partial charge in [-0.15, -0.1) is 0 Å². The number of benzene rings is 1. The Hall–Kier alpha value is -1.24. The van der Waals surface area contributed by atoms with Crippen LogP contribution in [0.4, 0.5) is 5.69 Å². The predicted molar refractivity (Wildman–Crippen MR) is 57.7 cm³/mol. The van der Waals surface area contributed by atoms with Crippen molar-refractivity contribution in [3.8, 4) is 0 Å². The molecule has 0 atom stereocenters. The zero-order valence-electron chi connectivity index (χ0n) is 8.44. The number of rotatable bonds is 0. The minimum Gasteiger partial charge on any atom is -0.398 e. The van der Waals surface area contributed by atoms with E-state index in [1.165, 1.54) is 27.8 Å². The molecular weight excluding hydrogens is 158 g/mol. The number of allylic oxidation sites excluding steroid dienone is 1. The van der Waals surface area contributed by atoms with Crippen molar-refractivity contribution in [2.75, 3.05) is 5.73 Å². The molecule has 0 heterocycles. The van der Waals surface area contributed by atoms with Crippen LogP contribution in [0.15, 0.2) is 11.6 Å². The summed E-state index contributed by atoms with van der Waals surface area (Å²) in [6.45, 7) is 6.36. The summed E-state index contributed by atoms with van der Waals surface area (Å²) in [6, 6.07) is 2.21. The topological polar surface area (TPSA) is 26.0 Å². The number of fused-ring (bicyclic) bond motifs is 1. The zero-order chi connectivity index (χ0) is 9.59. The highest BCUT2D eigenvalue weighted by atomic mass is 14.6. The van der Waals surface area contributed by atoms with Crippen LogP contribution < -0.4 is 5.73 Å². The van der Waals surface area contributed by atoms with Gasteiger partial charge >= 0.3 is 0 Å². The van der Waals surface area contributed by atoms with Gasteiger partial charge in [0.05, 0.1) is 0 Å². The minimum atomic E-state index is 0.949. The number of nitrogen functional groups attached to an aromatic ring is 1. The van der Waals surface area contributed by atoms with E-state index in [2.05, 4.69) is 32.9 Å². The maximum absolute atomic E-state index is 5.97. The van der Waals surface area contributed by atoms with Gasteiger partial charge in [-0.05, 0) is 49.4 Å². The molecule has 0 saturated heterocycles. The van der Waals surface area contributed by atoms with Crippen LogP contribution in [0.25, 0.3) is 6.08 Å². The average molecular weight is 173 g/mol. The molecular formula is C12H15N. The molecule has 1 aliphatic rings. The Bertz CT molecular complexity index is 400. The highest BCUT2D eigenvalue weighted by Crippen LogP contribution is 2.32. The van der Waals surface area contributed by atoms with E-state index in [0.29, 0.717) is 0 Å². The summed E-state index contributed by atoms with van der Waals surface area (Å²) >= 11 is 0. The fraction of sp³-hybridized carbons (Fsp3) is 0.333. The van der Waals surface area contributed by atoms with Gasteiger partial charge in [-0.25, -0.2) is 0 Å². The lowest BCUT2D eigenvalue weighted by molar-refractivity contribution is 1.18. The van der Waals surface area contributed by atoms with Gasteiger partial charge < -0.3 is 5.73 Å². The van der Waals surface area contributed by atoms with Crippen molar-refractivity contribution in [2.45, 2.75) is 27.2 Å². The fourth-order valence-electron chi connectivity index (χ4n) is 2.04. The van der Waals surface area contributed by atoms with Crippen molar-refractivity contribution >= 4 is 11.8 Å². The third kappa shape index (κ3) is 1.15. The van der Waals surface area contributed by atoms with Crippen LogP contribution in [0.3, 0.4) is 0 Å². The Morgan fingerprint density at radius 1 is 1.23 bits per heavy atom. The molecule has 2 rings (SSSR count). The first kappa shape index (κ1) is 8.36. The molecule has 0 spiro atoms. The molecule has 0 amide bonds. The van der Waals surface area contributed by atoms with Crippen molar-refractivity contribution in [2.24, 2.45) is 0 Å². The van der Waals surface area contributed by atoms with E-state index in [0.717, 1.165) is 12.1 Å². The second-order valence-corrected chi connectivity index (χ2v) is 3.97. The molecule has 68 valence electrons. The van der Waals surface area contributed by atoms with Gasteiger partial charge in [-0.2, -0.15) is 0 Å². The Morgan fingerprint density at radius 2 is 1.92 bits per heavy atom. The number of hydrogen-bond donors (Lipinski definition) is 1. The van der Waals surface area contributed by atoms with E-state index < -0.39 is 0 Å². The summed E-state index contributed by atoms with van der Waals surface area (Å²) in [7, 11) is 0. The Kier molecular flexibility index (Phi) is 1.69. The standard InChI is InChI=1S/C12H15N/c1-7-4-10-6-8(2)12(13)9(3)11(10)5-7/h5-6H,4,13H2,1-3H3. The number of anilines is 1. The summed E-state index contributed by atoms with van der Waals surface area (Å²) in [5.74, 6) is 0. The molecule has 0 radical (unpaired) electrons. The third-order valence-electron chi connectivity index (χ3n) is 2.83. The predicted octanol–water partition coefficient (Wildman–Crippen LogP) is 2.85. The number of nitrogens with two attached hydrogens (primary N) is 1. The SMILES string of the molecule is CC1=Cc2c(cc(C)c(N)c2C)C1. The summed E-state index contributed by atoms with van der Waals surface area (Å²) in [5, 5.41) is 0. The third-order valence-corrected chi connectivity index (χ3v) is 2.83. The van der Waals surface area contributed by atoms with Gasteiger partial charge in [0, 0.05) is 5.69 Å². The molecule has 2 N–H and O–H groups in total. The zero-order valence-corrected chi connectivity index (χ0v) is 8.44. The first-order valence-corrected chi connectivity index (χ1v) is 4.65. The van der Waals surface area contributed by atoms with Crippen LogP contribution >= 0.6 is 0 Å². The maximum Gasteiger partial charge on any atom is 0.0379 e. The highest BCUT2D eigenvalue weighted by molar-refractivity contribution is 5.73. The first-order valence-electron chi connectivity index (χ1n) is 4.65. The maximum atomic E-state index is 5.97. The summed E-state index contributed by atoms with van der Waals surface area (Å²) in [4.78, 5) is 0. The number of hydrogen-bond acceptors (Lipinski definition) is 1. The van der Waals surface area contributed by atoms with Gasteiger partial charge in [0.25, 0.3) is 0 Å². The van der Waals surface area contributed by atoms with Crippen molar-refractivity contribution in [3.05, 3.63) is 33.9 Å². The van der Waals surface area contributed by atoms with E-state index in [1.807, 2.05) is 0 Å². The van der Waals surface area contributed by atoms with E-state index >= 15 is 0 Å². The van der Waals surface area contributed by atoms with Gasteiger partial charge in [0.15, 0.2) is 0 Å². The lowest BCUT2D eigenvalue weighted by Gasteiger charge is -2.09. The molecule has 0 aromatic heterocycles. The molecule has 13 heavy (non-hydrogen) atoms. The minimum absolute atomic E-state index is 0.949. The van der Waals surface area contributed by atoms with Crippen LogP contribution in [-0.4, -0.2) is 0 Å². The van der Waals surface area contributed by atoms with Gasteiger partial charge in [0.2, 0.25) is 0 Å². The summed E-state index contributed by atoms with van der Waals surface area (Å²) < 4.78 is 0. The van der Waals surface area contributed by atoms with E-state index in [-0.39, 0.29) is 0 Å². The molecule has 0 saturated carbocycles. The van der Waals surface area contributed by atoms with Crippen molar-refractivity contribution in [1.82, 2.24) is 0 Å². The smallest absolute Gasteiger partial charge is 0.0379 e. The summed E-state index contributed by atoms with van der Waals surface area (Å²) in [6.07, 6.45) is 3.34. The Morgan fingerprint density at radius 3 is 2.62 bits per heavy atom. The summed E-state index contributed by atoms with van der Waals surface area (Å²) in [5.41, 5.74) is 13.6. The lowest BCUT2D eigenvalue weighted by Crippen LogP contribution is -1.97. The molecule has 0 aliphatic heterocycles. The lowest BCUT2D eigenvalue weighted by atomic mass is 9.99. The van der Waals surface area contributed by atoms with E-state index in [9.17, 15) is 0 Å². The van der Waals surface area contributed by atoms with Crippen LogP contribution in [-0.2, 0) is 6.42 Å². The largest absolute Gasteiger partial charge is 0.398 e. The molecule has 1 aromatic rings. The second kappa shape index (κ2) is 2.63. The molecule has 0 unspecified atom stereocenters. The molecule has 1 nitrogen and oxygen atoms in total. The Labute approximate surface area is 79.3 Å². The van der Waals surface area contributed by atoms with Crippen molar-refractivity contribution in [1.29, 1.82) is 0 Å². The van der Waals surface area contributed by atoms with E-state index in [4.69, 9.17) is 5.73 Å². The molecule has 1 heteroatoms.